The minimum Gasteiger partial charge on any atom is -0.322 e. The van der Waals surface area contributed by atoms with Gasteiger partial charge in [0.2, 0.25) is 0 Å². The van der Waals surface area contributed by atoms with Gasteiger partial charge in [-0.3, -0.25) is 9.59 Å². The Hall–Kier alpha value is -3.91. The molecule has 7 nitrogen and oxygen atoms in total. The van der Waals surface area contributed by atoms with Gasteiger partial charge >= 0.3 is 12.4 Å². The predicted molar refractivity (Wildman–Crippen MR) is 147 cm³/mol. The number of anilines is 2. The zero-order valence-corrected chi connectivity index (χ0v) is 23.9. The van der Waals surface area contributed by atoms with Crippen LogP contribution in [0.2, 0.25) is 5.15 Å². The van der Waals surface area contributed by atoms with Gasteiger partial charge in [0, 0.05) is 29.3 Å². The van der Waals surface area contributed by atoms with Crippen molar-refractivity contribution in [2.45, 2.75) is 31.7 Å². The van der Waals surface area contributed by atoms with Gasteiger partial charge in [0.15, 0.2) is 0 Å². The first-order valence-corrected chi connectivity index (χ1v) is 13.0. The molecule has 0 saturated heterocycles. The van der Waals surface area contributed by atoms with Gasteiger partial charge in [-0.05, 0) is 76.8 Å². The number of hydrogen-bond acceptors (Lipinski definition) is 4. The molecule has 0 saturated carbocycles. The molecule has 42 heavy (non-hydrogen) atoms. The molecular weight excluding hydrogens is 656 g/mol. The number of halogens is 8. The van der Waals surface area contributed by atoms with E-state index in [1.165, 1.54) is 56.4 Å². The van der Waals surface area contributed by atoms with Gasteiger partial charge in [-0.2, -0.15) is 31.4 Å². The van der Waals surface area contributed by atoms with Crippen LogP contribution in [0.1, 0.15) is 37.4 Å². The average Bonchev–Trinajstić information content (AvgIpc) is 3.30. The zero-order valence-electron chi connectivity index (χ0n) is 21.5. The Morgan fingerprint density at radius 1 is 0.905 bits per heavy atom. The highest BCUT2D eigenvalue weighted by Gasteiger charge is 2.74. The molecule has 220 valence electrons. The van der Waals surface area contributed by atoms with Crippen molar-refractivity contribution in [1.82, 2.24) is 14.8 Å². The van der Waals surface area contributed by atoms with Gasteiger partial charge in [-0.15, -0.1) is 0 Å². The smallest absolute Gasteiger partial charge is 0.322 e. The summed E-state index contributed by atoms with van der Waals surface area (Å²) in [6.45, 7) is 2.55. The molecule has 0 aliphatic carbocycles. The molecule has 0 radical (unpaired) electrons. The first kappa shape index (κ1) is 31.0. The standard InChI is InChI=1S/C27H19BrClF6N5O2/c1-14-9-17(25(26(30,31)32,27(33,34)35)40-13-18(28)12-37-40)10-15(2)21(14)39-23(41)16-5-3-6-19(11-16)38-24(42)20-7-4-8-36-22(20)29/h3-13H,1-2H3,(H,38,42)(H,39,41). The summed E-state index contributed by atoms with van der Waals surface area (Å²) < 4.78 is 86.1. The summed E-state index contributed by atoms with van der Waals surface area (Å²) in [4.78, 5) is 29.4. The number of aryl methyl sites for hydroxylation is 2. The van der Waals surface area contributed by atoms with Crippen molar-refractivity contribution < 1.29 is 35.9 Å². The van der Waals surface area contributed by atoms with E-state index >= 15 is 0 Å². The Balaban J connectivity index is 1.67. The molecule has 2 aromatic carbocycles. The van der Waals surface area contributed by atoms with Gasteiger partial charge < -0.3 is 10.6 Å². The summed E-state index contributed by atoms with van der Waals surface area (Å²) in [6.07, 6.45) is -8.86. The topological polar surface area (TPSA) is 88.9 Å². The summed E-state index contributed by atoms with van der Waals surface area (Å²) in [6, 6.07) is 10.1. The van der Waals surface area contributed by atoms with Crippen molar-refractivity contribution >= 4 is 50.7 Å². The van der Waals surface area contributed by atoms with Gasteiger partial charge in [-0.1, -0.05) is 29.8 Å². The normalized spacial score (nSPS) is 12.2. The summed E-state index contributed by atoms with van der Waals surface area (Å²) >= 11 is 8.80. The fourth-order valence-electron chi connectivity index (χ4n) is 4.41. The van der Waals surface area contributed by atoms with Gasteiger partial charge in [0.1, 0.15) is 5.15 Å². The molecule has 2 amide bonds. The van der Waals surface area contributed by atoms with Crippen molar-refractivity contribution in [3.8, 4) is 0 Å². The quantitative estimate of drug-likeness (QED) is 0.162. The van der Waals surface area contributed by atoms with Crippen LogP contribution in [0.5, 0.6) is 0 Å². The Morgan fingerprint density at radius 2 is 1.55 bits per heavy atom. The molecule has 0 bridgehead atoms. The molecule has 0 atom stereocenters. The third-order valence-corrected chi connectivity index (χ3v) is 7.00. The Kier molecular flexibility index (Phi) is 8.43. The number of rotatable bonds is 6. The maximum atomic E-state index is 14.4. The average molecular weight is 675 g/mol. The lowest BCUT2D eigenvalue weighted by Crippen LogP contribution is -2.59. The van der Waals surface area contributed by atoms with Crippen LogP contribution in [-0.2, 0) is 5.54 Å². The van der Waals surface area contributed by atoms with Crippen LogP contribution in [0.25, 0.3) is 0 Å². The number of hydrogen-bond donors (Lipinski definition) is 2. The third-order valence-electron chi connectivity index (χ3n) is 6.29. The van der Waals surface area contributed by atoms with Crippen LogP contribution in [0.4, 0.5) is 37.7 Å². The first-order valence-electron chi connectivity index (χ1n) is 11.9. The lowest BCUT2D eigenvalue weighted by atomic mass is 9.85. The van der Waals surface area contributed by atoms with E-state index in [0.29, 0.717) is 18.3 Å². The Labute approximate surface area is 248 Å². The fraction of sp³-hybridized carbons (Fsp3) is 0.185. The summed E-state index contributed by atoms with van der Waals surface area (Å²) in [5.74, 6) is -1.31. The molecule has 0 aliphatic heterocycles. The van der Waals surface area contributed by atoms with Crippen molar-refractivity contribution in [3.63, 3.8) is 0 Å². The zero-order chi connectivity index (χ0) is 31.0. The predicted octanol–water partition coefficient (Wildman–Crippen LogP) is 7.68. The van der Waals surface area contributed by atoms with E-state index < -0.39 is 35.3 Å². The molecular formula is C27H19BrClF6N5O2. The number of nitrogens with one attached hydrogen (secondary N) is 2. The van der Waals surface area contributed by atoms with E-state index in [2.05, 4.69) is 36.6 Å². The van der Waals surface area contributed by atoms with Crippen LogP contribution >= 0.6 is 27.5 Å². The van der Waals surface area contributed by atoms with Crippen molar-refractivity contribution in [1.29, 1.82) is 0 Å². The second-order valence-electron chi connectivity index (χ2n) is 9.12. The number of nitrogens with zero attached hydrogens (tertiary/aromatic N) is 3. The van der Waals surface area contributed by atoms with Crippen LogP contribution in [-0.4, -0.2) is 38.9 Å². The van der Waals surface area contributed by atoms with Crippen molar-refractivity contribution in [2.24, 2.45) is 0 Å². The number of aromatic nitrogens is 3. The molecule has 4 aromatic rings. The number of carbonyl (C=O) groups is 2. The maximum absolute atomic E-state index is 14.4. The van der Waals surface area contributed by atoms with E-state index in [1.54, 1.807) is 0 Å². The van der Waals surface area contributed by atoms with E-state index in [0.717, 1.165) is 6.20 Å². The highest BCUT2D eigenvalue weighted by molar-refractivity contribution is 9.10. The third kappa shape index (κ3) is 5.73. The SMILES string of the molecule is Cc1cc(C(n2cc(Br)cn2)(C(F)(F)F)C(F)(F)F)cc(C)c1NC(=O)c1cccc(NC(=O)c2cccnc2Cl)c1. The van der Waals surface area contributed by atoms with E-state index in [-0.39, 0.29) is 47.9 Å². The molecule has 2 aromatic heterocycles. The summed E-state index contributed by atoms with van der Waals surface area (Å²) in [7, 11) is 0. The monoisotopic (exact) mass is 673 g/mol. The molecule has 2 heterocycles. The highest BCUT2D eigenvalue weighted by Crippen LogP contribution is 2.53. The van der Waals surface area contributed by atoms with Gasteiger partial charge in [0.05, 0.1) is 16.2 Å². The van der Waals surface area contributed by atoms with Crippen LogP contribution in [0, 0.1) is 13.8 Å². The molecule has 0 unspecified atom stereocenters. The van der Waals surface area contributed by atoms with Gasteiger partial charge in [0.25, 0.3) is 17.4 Å². The highest BCUT2D eigenvalue weighted by atomic mass is 79.9. The molecule has 2 N–H and O–H groups in total. The van der Waals surface area contributed by atoms with Crippen LogP contribution in [0.15, 0.2) is 71.6 Å². The minimum atomic E-state index is -5.84. The second kappa shape index (κ2) is 11.4. The van der Waals surface area contributed by atoms with Crippen molar-refractivity contribution in [2.75, 3.05) is 10.6 Å². The van der Waals surface area contributed by atoms with E-state index in [1.807, 2.05) is 0 Å². The summed E-state index contributed by atoms with van der Waals surface area (Å²) in [5.41, 5.74) is -5.37. The van der Waals surface area contributed by atoms with Gasteiger partial charge in [-0.25, -0.2) is 9.67 Å². The largest absolute Gasteiger partial charge is 0.426 e. The first-order chi connectivity index (χ1) is 19.6. The lowest BCUT2D eigenvalue weighted by Gasteiger charge is -2.38. The molecule has 0 spiro atoms. The molecule has 15 heteroatoms. The van der Waals surface area contributed by atoms with Crippen molar-refractivity contribution in [3.05, 3.63) is 105 Å². The number of carbonyl (C=O) groups excluding carboxylic acids is 2. The van der Waals surface area contributed by atoms with E-state index in [9.17, 15) is 35.9 Å². The van der Waals surface area contributed by atoms with Crippen LogP contribution in [0.3, 0.4) is 0 Å². The molecule has 0 fully saturated rings. The number of benzene rings is 2. The number of pyridine rings is 1. The number of amides is 2. The Morgan fingerprint density at radius 3 is 2.10 bits per heavy atom. The number of alkyl halides is 6. The fourth-order valence-corrected chi connectivity index (χ4v) is 4.90. The lowest BCUT2D eigenvalue weighted by molar-refractivity contribution is -0.316. The maximum Gasteiger partial charge on any atom is 0.426 e. The van der Waals surface area contributed by atoms with Crippen LogP contribution < -0.4 is 10.6 Å². The summed E-state index contributed by atoms with van der Waals surface area (Å²) in [5, 5.41) is 8.43. The minimum absolute atomic E-state index is 0.0141. The van der Waals surface area contributed by atoms with E-state index in [4.69, 9.17) is 11.6 Å². The Bertz CT molecular complexity index is 1630. The second-order valence-corrected chi connectivity index (χ2v) is 10.4. The molecule has 0 aliphatic rings. The molecule has 4 rings (SSSR count).